The van der Waals surface area contributed by atoms with Gasteiger partial charge in [0.15, 0.2) is 5.60 Å². The van der Waals surface area contributed by atoms with Gasteiger partial charge in [-0.3, -0.25) is 0 Å². The van der Waals surface area contributed by atoms with Gasteiger partial charge in [-0.1, -0.05) is 30.3 Å². The van der Waals surface area contributed by atoms with Crippen molar-refractivity contribution in [3.63, 3.8) is 0 Å². The summed E-state index contributed by atoms with van der Waals surface area (Å²) in [5.74, 6) is 0.736. The molecule has 1 saturated heterocycles. The first-order valence-corrected chi connectivity index (χ1v) is 10.7. The highest BCUT2D eigenvalue weighted by molar-refractivity contribution is 5.46. The second kappa shape index (κ2) is 9.00. The zero-order valence-electron chi connectivity index (χ0n) is 17.6. The van der Waals surface area contributed by atoms with E-state index < -0.39 is 12.0 Å². The number of alkyl halides is 2. The van der Waals surface area contributed by atoms with Crippen LogP contribution in [-0.2, 0) is 23.3 Å². The van der Waals surface area contributed by atoms with Gasteiger partial charge < -0.3 is 20.1 Å². The maximum Gasteiger partial charge on any atom is 0.270 e. The summed E-state index contributed by atoms with van der Waals surface area (Å²) >= 11 is 0. The van der Waals surface area contributed by atoms with Crippen molar-refractivity contribution < 1.29 is 18.3 Å². The number of fused-ring (bicyclic) bond motifs is 1. The van der Waals surface area contributed by atoms with E-state index in [2.05, 4.69) is 34.9 Å². The van der Waals surface area contributed by atoms with Crippen LogP contribution in [0, 0.1) is 0 Å². The molecule has 0 radical (unpaired) electrons. The quantitative estimate of drug-likeness (QED) is 0.736. The standard InChI is InChI=1S/C24H30F2N2O2/c1-24(23(25)26)19-13-18(21(29-2)14-17(19)10-12-30-24)15-28-20-9-6-11-27-22(20)16-7-4-3-5-8-16/h3-5,7-8,13-14,20,22-23,27-28H,6,9-12,15H2,1-2H3/t20-,22-,24+/m0/s1. The van der Waals surface area contributed by atoms with E-state index >= 15 is 0 Å². The minimum absolute atomic E-state index is 0.221. The fourth-order valence-electron chi connectivity index (χ4n) is 4.66. The van der Waals surface area contributed by atoms with Crippen LogP contribution in [0.2, 0.25) is 0 Å². The van der Waals surface area contributed by atoms with E-state index in [1.54, 1.807) is 7.11 Å². The number of halogens is 2. The van der Waals surface area contributed by atoms with E-state index in [0.29, 0.717) is 25.1 Å². The molecule has 2 heterocycles. The van der Waals surface area contributed by atoms with E-state index in [9.17, 15) is 8.78 Å². The molecule has 0 saturated carbocycles. The molecule has 2 N–H and O–H groups in total. The predicted molar refractivity (Wildman–Crippen MR) is 113 cm³/mol. The van der Waals surface area contributed by atoms with Crippen LogP contribution in [0.4, 0.5) is 8.78 Å². The van der Waals surface area contributed by atoms with Crippen LogP contribution in [-0.4, -0.2) is 32.7 Å². The zero-order valence-corrected chi connectivity index (χ0v) is 17.6. The highest BCUT2D eigenvalue weighted by Crippen LogP contribution is 2.40. The van der Waals surface area contributed by atoms with Gasteiger partial charge >= 0.3 is 0 Å². The molecular weight excluding hydrogens is 386 g/mol. The summed E-state index contributed by atoms with van der Waals surface area (Å²) in [6, 6.07) is 14.6. The lowest BCUT2D eigenvalue weighted by Crippen LogP contribution is -2.45. The average Bonchev–Trinajstić information content (AvgIpc) is 2.78. The monoisotopic (exact) mass is 416 g/mol. The van der Waals surface area contributed by atoms with Crippen molar-refractivity contribution in [2.75, 3.05) is 20.3 Å². The van der Waals surface area contributed by atoms with Crippen molar-refractivity contribution in [3.05, 3.63) is 64.7 Å². The first-order chi connectivity index (χ1) is 14.5. The normalized spacial score (nSPS) is 26.4. The number of benzene rings is 2. The predicted octanol–water partition coefficient (Wildman–Crippen LogP) is 4.33. The molecular formula is C24H30F2N2O2. The Bertz CT molecular complexity index is 862. The number of rotatable bonds is 6. The topological polar surface area (TPSA) is 42.5 Å². The molecule has 1 fully saturated rings. The molecule has 0 amide bonds. The molecule has 0 unspecified atom stereocenters. The van der Waals surface area contributed by atoms with Crippen molar-refractivity contribution in [3.8, 4) is 5.75 Å². The summed E-state index contributed by atoms with van der Waals surface area (Å²) in [7, 11) is 1.63. The first-order valence-electron chi connectivity index (χ1n) is 10.7. The molecule has 4 rings (SSSR count). The molecule has 162 valence electrons. The van der Waals surface area contributed by atoms with Crippen LogP contribution in [0.25, 0.3) is 0 Å². The Balaban J connectivity index is 1.58. The maximum absolute atomic E-state index is 13.8. The molecule has 2 aliphatic rings. The third-order valence-corrected chi connectivity index (χ3v) is 6.40. The van der Waals surface area contributed by atoms with Gasteiger partial charge in [0.2, 0.25) is 0 Å². The molecule has 2 aliphatic heterocycles. The van der Waals surface area contributed by atoms with Crippen LogP contribution in [0.1, 0.15) is 48.1 Å². The van der Waals surface area contributed by atoms with Crippen molar-refractivity contribution in [1.82, 2.24) is 10.6 Å². The Morgan fingerprint density at radius 1 is 1.27 bits per heavy atom. The highest BCUT2D eigenvalue weighted by atomic mass is 19.3. The second-order valence-corrected chi connectivity index (χ2v) is 8.30. The molecule has 0 bridgehead atoms. The van der Waals surface area contributed by atoms with Gasteiger partial charge in [0.25, 0.3) is 6.43 Å². The van der Waals surface area contributed by atoms with Crippen LogP contribution >= 0.6 is 0 Å². The van der Waals surface area contributed by atoms with Gasteiger partial charge in [-0.25, -0.2) is 8.78 Å². The Hall–Kier alpha value is -2.02. The lowest BCUT2D eigenvalue weighted by atomic mass is 9.86. The molecule has 4 nitrogen and oxygen atoms in total. The summed E-state index contributed by atoms with van der Waals surface area (Å²) in [4.78, 5) is 0. The number of nitrogens with one attached hydrogen (secondary N) is 2. The van der Waals surface area contributed by atoms with Crippen LogP contribution in [0.5, 0.6) is 5.75 Å². The zero-order chi connectivity index (χ0) is 21.1. The Morgan fingerprint density at radius 3 is 2.80 bits per heavy atom. The lowest BCUT2D eigenvalue weighted by molar-refractivity contribution is -0.142. The van der Waals surface area contributed by atoms with Gasteiger partial charge in [-0.05, 0) is 61.6 Å². The molecule has 30 heavy (non-hydrogen) atoms. The molecule has 2 aromatic rings. The molecule has 3 atom stereocenters. The highest BCUT2D eigenvalue weighted by Gasteiger charge is 2.42. The van der Waals surface area contributed by atoms with Gasteiger partial charge in [0.05, 0.1) is 13.7 Å². The minimum Gasteiger partial charge on any atom is -0.496 e. The van der Waals surface area contributed by atoms with E-state index in [-0.39, 0.29) is 12.1 Å². The first kappa shape index (κ1) is 21.2. The van der Waals surface area contributed by atoms with Crippen molar-refractivity contribution >= 4 is 0 Å². The van der Waals surface area contributed by atoms with Crippen molar-refractivity contribution in [2.24, 2.45) is 0 Å². The van der Waals surface area contributed by atoms with E-state index in [0.717, 1.165) is 36.3 Å². The number of hydrogen-bond donors (Lipinski definition) is 2. The third-order valence-electron chi connectivity index (χ3n) is 6.40. The Kier molecular flexibility index (Phi) is 6.37. The fourth-order valence-corrected chi connectivity index (χ4v) is 4.66. The van der Waals surface area contributed by atoms with Gasteiger partial charge in [-0.15, -0.1) is 0 Å². The SMILES string of the molecule is COc1cc2c(cc1CN[C@H]1CCCN[C@H]1c1ccccc1)[C@](C)(C(F)F)OCC2. The molecule has 6 heteroatoms. The smallest absolute Gasteiger partial charge is 0.270 e. The van der Waals surface area contributed by atoms with Crippen molar-refractivity contribution in [2.45, 2.75) is 56.8 Å². The lowest BCUT2D eigenvalue weighted by Gasteiger charge is -2.36. The Labute approximate surface area is 177 Å². The van der Waals surface area contributed by atoms with E-state index in [1.807, 2.05) is 18.2 Å². The fraction of sp³-hybridized carbons (Fsp3) is 0.500. The van der Waals surface area contributed by atoms with Crippen molar-refractivity contribution in [1.29, 1.82) is 0 Å². The van der Waals surface area contributed by atoms with Crippen LogP contribution in [0.15, 0.2) is 42.5 Å². The van der Waals surface area contributed by atoms with Gasteiger partial charge in [0, 0.05) is 24.2 Å². The van der Waals surface area contributed by atoms with Crippen LogP contribution < -0.4 is 15.4 Å². The summed E-state index contributed by atoms with van der Waals surface area (Å²) in [5, 5.41) is 7.27. The molecule has 0 spiro atoms. The van der Waals surface area contributed by atoms with Gasteiger partial charge in [-0.2, -0.15) is 0 Å². The minimum atomic E-state index is -2.59. The second-order valence-electron chi connectivity index (χ2n) is 8.30. The largest absolute Gasteiger partial charge is 0.496 e. The molecule has 0 aromatic heterocycles. The third kappa shape index (κ3) is 4.09. The Morgan fingerprint density at radius 2 is 2.07 bits per heavy atom. The average molecular weight is 417 g/mol. The summed E-state index contributed by atoms with van der Waals surface area (Å²) in [6.45, 7) is 3.31. The number of ether oxygens (including phenoxy) is 2. The van der Waals surface area contributed by atoms with Gasteiger partial charge in [0.1, 0.15) is 5.75 Å². The number of piperidine rings is 1. The van der Waals surface area contributed by atoms with E-state index in [1.165, 1.54) is 12.5 Å². The van der Waals surface area contributed by atoms with Crippen LogP contribution in [0.3, 0.4) is 0 Å². The van der Waals surface area contributed by atoms with E-state index in [4.69, 9.17) is 9.47 Å². The maximum atomic E-state index is 13.8. The number of methoxy groups -OCH3 is 1. The molecule has 2 aromatic carbocycles. The summed E-state index contributed by atoms with van der Waals surface area (Å²) < 4.78 is 38.8. The molecule has 0 aliphatic carbocycles. The summed E-state index contributed by atoms with van der Waals surface area (Å²) in [6.07, 6.45) is 0.178. The summed E-state index contributed by atoms with van der Waals surface area (Å²) in [5.41, 5.74) is 2.01. The number of hydrogen-bond acceptors (Lipinski definition) is 4.